The van der Waals surface area contributed by atoms with Crippen molar-refractivity contribution in [3.05, 3.63) is 29.3 Å². The van der Waals surface area contributed by atoms with Gasteiger partial charge < -0.3 is 9.47 Å². The smallest absolute Gasteiger partial charge is 0.122 e. The molecule has 0 bridgehead atoms. The molecule has 0 aliphatic carbocycles. The van der Waals surface area contributed by atoms with Crippen LogP contribution >= 0.6 is 0 Å². The highest BCUT2D eigenvalue weighted by Crippen LogP contribution is 2.23. The lowest BCUT2D eigenvalue weighted by Crippen LogP contribution is -2.21. The van der Waals surface area contributed by atoms with Gasteiger partial charge >= 0.3 is 0 Å². The Morgan fingerprint density at radius 1 is 1.00 bits per heavy atom. The Balaban J connectivity index is 2.26. The van der Waals surface area contributed by atoms with Crippen LogP contribution in [0.3, 0.4) is 0 Å². The van der Waals surface area contributed by atoms with Crippen molar-refractivity contribution in [2.75, 3.05) is 14.2 Å². The second kappa shape index (κ2) is 8.31. The van der Waals surface area contributed by atoms with Gasteiger partial charge in [-0.3, -0.25) is 0 Å². The first kappa shape index (κ1) is 17.0. The molecule has 0 fully saturated rings. The van der Waals surface area contributed by atoms with Gasteiger partial charge in [-0.05, 0) is 51.7 Å². The molecule has 0 aliphatic heterocycles. The third kappa shape index (κ3) is 5.96. The number of hydrogen-bond acceptors (Lipinski definition) is 2. The molecule has 114 valence electrons. The molecule has 0 unspecified atom stereocenters. The summed E-state index contributed by atoms with van der Waals surface area (Å²) in [6.45, 7) is 6.45. The number of unbranched alkanes of at least 4 members (excludes halogenated alkanes) is 3. The predicted molar refractivity (Wildman–Crippen MR) is 85.6 cm³/mol. The van der Waals surface area contributed by atoms with Crippen LogP contribution in [0.5, 0.6) is 5.75 Å². The number of hydrogen-bond donors (Lipinski definition) is 0. The first-order valence-corrected chi connectivity index (χ1v) is 7.67. The predicted octanol–water partition coefficient (Wildman–Crippen LogP) is 4.92. The lowest BCUT2D eigenvalue weighted by atomic mass is 9.98. The van der Waals surface area contributed by atoms with Crippen LogP contribution in [-0.4, -0.2) is 19.8 Å². The number of rotatable bonds is 9. The molecule has 2 heteroatoms. The fraction of sp³-hybridized carbons (Fsp3) is 0.667. The average Bonchev–Trinajstić information content (AvgIpc) is 2.43. The highest BCUT2D eigenvalue weighted by molar-refractivity contribution is 5.36. The van der Waals surface area contributed by atoms with E-state index < -0.39 is 0 Å². The fourth-order valence-electron chi connectivity index (χ4n) is 2.42. The summed E-state index contributed by atoms with van der Waals surface area (Å²) in [5.74, 6) is 1.02. The van der Waals surface area contributed by atoms with E-state index in [0.717, 1.165) is 18.6 Å². The fourth-order valence-corrected chi connectivity index (χ4v) is 2.42. The van der Waals surface area contributed by atoms with Gasteiger partial charge in [0.25, 0.3) is 0 Å². The van der Waals surface area contributed by atoms with E-state index in [1.54, 1.807) is 14.2 Å². The zero-order valence-electron chi connectivity index (χ0n) is 13.8. The third-order valence-corrected chi connectivity index (χ3v) is 3.96. The zero-order chi connectivity index (χ0) is 15.0. The van der Waals surface area contributed by atoms with Crippen molar-refractivity contribution in [1.29, 1.82) is 0 Å². The maximum absolute atomic E-state index is 5.44. The molecule has 0 radical (unpaired) electrons. The summed E-state index contributed by atoms with van der Waals surface area (Å²) in [4.78, 5) is 0. The van der Waals surface area contributed by atoms with Crippen molar-refractivity contribution in [3.8, 4) is 5.75 Å². The van der Waals surface area contributed by atoms with Crippen LogP contribution in [0, 0.1) is 6.92 Å². The van der Waals surface area contributed by atoms with Crippen LogP contribution < -0.4 is 4.74 Å². The molecule has 1 aromatic carbocycles. The van der Waals surface area contributed by atoms with E-state index in [1.165, 1.54) is 36.8 Å². The molecule has 0 atom stereocenters. The molecule has 2 nitrogen and oxygen atoms in total. The van der Waals surface area contributed by atoms with Gasteiger partial charge in [0.2, 0.25) is 0 Å². The molecular formula is C18H30O2. The van der Waals surface area contributed by atoms with Crippen LogP contribution in [0.1, 0.15) is 57.1 Å². The van der Waals surface area contributed by atoms with Gasteiger partial charge in [0, 0.05) is 7.11 Å². The van der Waals surface area contributed by atoms with Crippen LogP contribution in [0.4, 0.5) is 0 Å². The van der Waals surface area contributed by atoms with Crippen molar-refractivity contribution in [3.63, 3.8) is 0 Å². The maximum Gasteiger partial charge on any atom is 0.122 e. The molecule has 0 aliphatic rings. The standard InChI is InChI=1S/C18H30O2/c1-15-11-12-17(19-4)16(14-15)10-8-6-7-9-13-18(2,3)20-5/h11-12,14H,6-10,13H2,1-5H3. The Bertz CT molecular complexity index is 396. The van der Waals surface area contributed by atoms with E-state index in [0.29, 0.717) is 0 Å². The van der Waals surface area contributed by atoms with Crippen LogP contribution in [-0.2, 0) is 11.2 Å². The molecule has 0 saturated carbocycles. The number of methoxy groups -OCH3 is 2. The normalized spacial score (nSPS) is 11.7. The van der Waals surface area contributed by atoms with Gasteiger partial charge in [-0.1, -0.05) is 37.0 Å². The van der Waals surface area contributed by atoms with E-state index >= 15 is 0 Å². The van der Waals surface area contributed by atoms with E-state index in [4.69, 9.17) is 9.47 Å². The summed E-state index contributed by atoms with van der Waals surface area (Å²) in [6.07, 6.45) is 7.27. The molecule has 1 aromatic rings. The van der Waals surface area contributed by atoms with Crippen molar-refractivity contribution >= 4 is 0 Å². The van der Waals surface area contributed by atoms with E-state index in [1.807, 2.05) is 0 Å². The number of ether oxygens (including phenoxy) is 2. The molecule has 0 saturated heterocycles. The SMILES string of the molecule is COc1ccc(C)cc1CCCCCCC(C)(C)OC. The Morgan fingerprint density at radius 3 is 2.35 bits per heavy atom. The number of benzene rings is 1. The quantitative estimate of drug-likeness (QED) is 0.597. The van der Waals surface area contributed by atoms with E-state index in [-0.39, 0.29) is 5.60 Å². The van der Waals surface area contributed by atoms with Gasteiger partial charge in [-0.2, -0.15) is 0 Å². The van der Waals surface area contributed by atoms with E-state index in [2.05, 4.69) is 39.0 Å². The first-order valence-electron chi connectivity index (χ1n) is 7.67. The third-order valence-electron chi connectivity index (χ3n) is 3.96. The molecule has 0 aromatic heterocycles. The highest BCUT2D eigenvalue weighted by atomic mass is 16.5. The van der Waals surface area contributed by atoms with Crippen LogP contribution in [0.15, 0.2) is 18.2 Å². The average molecular weight is 278 g/mol. The van der Waals surface area contributed by atoms with Gasteiger partial charge in [0.05, 0.1) is 12.7 Å². The van der Waals surface area contributed by atoms with Gasteiger partial charge in [-0.25, -0.2) is 0 Å². The Kier molecular flexibility index (Phi) is 7.08. The summed E-state index contributed by atoms with van der Waals surface area (Å²) < 4.78 is 10.9. The van der Waals surface area contributed by atoms with Crippen LogP contribution in [0.2, 0.25) is 0 Å². The molecule has 1 rings (SSSR count). The minimum absolute atomic E-state index is 0.0275. The Morgan fingerprint density at radius 2 is 1.70 bits per heavy atom. The van der Waals surface area contributed by atoms with Crippen LogP contribution in [0.25, 0.3) is 0 Å². The number of aryl methyl sites for hydroxylation is 2. The summed E-state index contributed by atoms with van der Waals surface area (Å²) in [6, 6.07) is 6.42. The lowest BCUT2D eigenvalue weighted by Gasteiger charge is -2.22. The maximum atomic E-state index is 5.44. The molecule has 0 N–H and O–H groups in total. The van der Waals surface area contributed by atoms with Gasteiger partial charge in [0.1, 0.15) is 5.75 Å². The van der Waals surface area contributed by atoms with Gasteiger partial charge in [-0.15, -0.1) is 0 Å². The van der Waals surface area contributed by atoms with Crippen molar-refractivity contribution in [2.45, 2.75) is 64.9 Å². The molecule has 0 heterocycles. The summed E-state index contributed by atoms with van der Waals surface area (Å²) in [5, 5.41) is 0. The monoisotopic (exact) mass is 278 g/mol. The topological polar surface area (TPSA) is 18.5 Å². The molecule has 0 amide bonds. The summed E-state index contributed by atoms with van der Waals surface area (Å²) >= 11 is 0. The zero-order valence-corrected chi connectivity index (χ0v) is 13.8. The Labute approximate surface area is 124 Å². The summed E-state index contributed by atoms with van der Waals surface area (Å²) in [5.41, 5.74) is 2.67. The second-order valence-electron chi connectivity index (χ2n) is 6.19. The first-order chi connectivity index (χ1) is 9.48. The van der Waals surface area contributed by atoms with Crippen molar-refractivity contribution < 1.29 is 9.47 Å². The summed E-state index contributed by atoms with van der Waals surface area (Å²) in [7, 11) is 3.55. The van der Waals surface area contributed by atoms with Gasteiger partial charge in [0.15, 0.2) is 0 Å². The van der Waals surface area contributed by atoms with Crippen molar-refractivity contribution in [1.82, 2.24) is 0 Å². The minimum Gasteiger partial charge on any atom is -0.496 e. The van der Waals surface area contributed by atoms with E-state index in [9.17, 15) is 0 Å². The lowest BCUT2D eigenvalue weighted by molar-refractivity contribution is 0.0134. The largest absolute Gasteiger partial charge is 0.496 e. The molecule has 0 spiro atoms. The second-order valence-corrected chi connectivity index (χ2v) is 6.19. The minimum atomic E-state index is 0.0275. The highest BCUT2D eigenvalue weighted by Gasteiger charge is 2.14. The van der Waals surface area contributed by atoms with Crippen molar-refractivity contribution in [2.24, 2.45) is 0 Å². The molecular weight excluding hydrogens is 248 g/mol. The molecule has 20 heavy (non-hydrogen) atoms. The Hall–Kier alpha value is -1.02.